The van der Waals surface area contributed by atoms with Gasteiger partial charge in [0.2, 0.25) is 10.9 Å². The monoisotopic (exact) mass is 136 g/mol. The third kappa shape index (κ3) is 0.667. The molecule has 1 rings (SSSR count). The van der Waals surface area contributed by atoms with Crippen LogP contribution in [0, 0.1) is 11.6 Å². The zero-order chi connectivity index (χ0) is 6.15. The molecule has 0 aromatic carbocycles. The highest BCUT2D eigenvalue weighted by Gasteiger charge is 2.07. The first kappa shape index (κ1) is 5.50. The summed E-state index contributed by atoms with van der Waals surface area (Å²) in [5.41, 5.74) is 0. The molecule has 1 aromatic heterocycles. The normalized spacial score (nSPS) is 9.75. The summed E-state index contributed by atoms with van der Waals surface area (Å²) < 4.78 is 23.7. The fourth-order valence-corrected chi connectivity index (χ4v) is 0.833. The molecule has 4 heteroatoms. The average Bonchev–Trinajstić information content (AvgIpc) is 1.98. The Balaban J connectivity index is 3.19. The van der Waals surface area contributed by atoms with E-state index in [0.29, 0.717) is 11.3 Å². The van der Waals surface area contributed by atoms with Crippen LogP contribution in [0.25, 0.3) is 0 Å². The van der Waals surface area contributed by atoms with Gasteiger partial charge in [-0.3, -0.25) is 0 Å². The van der Waals surface area contributed by atoms with Gasteiger partial charge in [0.05, 0.1) is 0 Å². The van der Waals surface area contributed by atoms with E-state index < -0.39 is 16.7 Å². The van der Waals surface area contributed by atoms with Crippen molar-refractivity contribution < 1.29 is 13.9 Å². The Labute approximate surface area is 48.2 Å². The summed E-state index contributed by atoms with van der Waals surface area (Å²) in [6.45, 7) is 0. The smallest absolute Gasteiger partial charge is 0.212 e. The number of hydrogen-bond donors (Lipinski definition) is 1. The van der Waals surface area contributed by atoms with E-state index in [1.54, 1.807) is 0 Å². The number of rotatable bonds is 0. The lowest BCUT2D eigenvalue weighted by molar-refractivity contribution is 0.425. The van der Waals surface area contributed by atoms with Crippen molar-refractivity contribution in [2.75, 3.05) is 0 Å². The molecule has 0 aliphatic rings. The summed E-state index contributed by atoms with van der Waals surface area (Å²) in [6.07, 6.45) is 0. The van der Waals surface area contributed by atoms with Crippen molar-refractivity contribution in [1.29, 1.82) is 0 Å². The molecular weight excluding hydrogens is 134 g/mol. The van der Waals surface area contributed by atoms with Crippen LogP contribution in [0.3, 0.4) is 0 Å². The largest absolute Gasteiger partial charge is 0.497 e. The molecule has 0 radical (unpaired) electrons. The van der Waals surface area contributed by atoms with E-state index in [-0.39, 0.29) is 0 Å². The van der Waals surface area contributed by atoms with Crippen LogP contribution in [0.1, 0.15) is 0 Å². The topological polar surface area (TPSA) is 20.2 Å². The molecule has 0 aliphatic carbocycles. The van der Waals surface area contributed by atoms with E-state index >= 15 is 0 Å². The molecule has 0 atom stereocenters. The van der Waals surface area contributed by atoms with Gasteiger partial charge in [-0.25, -0.2) is 4.39 Å². The highest BCUT2D eigenvalue weighted by molar-refractivity contribution is 7.11. The summed E-state index contributed by atoms with van der Waals surface area (Å²) in [4.78, 5) is 0. The Kier molecular flexibility index (Phi) is 1.17. The standard InChI is InChI=1S/C4H2F2OS/c5-2-1-8-4(7)3(2)6/h1,7H. The van der Waals surface area contributed by atoms with E-state index in [1.807, 2.05) is 0 Å². The second kappa shape index (κ2) is 1.70. The van der Waals surface area contributed by atoms with Gasteiger partial charge in [0, 0.05) is 5.38 Å². The number of aromatic hydroxyl groups is 1. The molecular formula is C4H2F2OS. The predicted molar refractivity (Wildman–Crippen MR) is 25.9 cm³/mol. The fourth-order valence-electron chi connectivity index (χ4n) is 0.313. The Hall–Kier alpha value is -0.640. The SMILES string of the molecule is Oc1scc(F)c1F. The maximum absolute atomic E-state index is 11.9. The summed E-state index contributed by atoms with van der Waals surface area (Å²) in [5, 5.41) is 8.66. The molecule has 1 aromatic rings. The maximum Gasteiger partial charge on any atom is 0.212 e. The van der Waals surface area contributed by atoms with Crippen molar-refractivity contribution >= 4 is 11.3 Å². The third-order valence-corrected chi connectivity index (χ3v) is 1.40. The molecule has 1 N–H and O–H groups in total. The van der Waals surface area contributed by atoms with Gasteiger partial charge in [-0.15, -0.1) is 11.3 Å². The lowest BCUT2D eigenvalue weighted by atomic mass is 10.6. The molecule has 0 fully saturated rings. The Morgan fingerprint density at radius 3 is 2.25 bits per heavy atom. The summed E-state index contributed by atoms with van der Waals surface area (Å²) in [5.74, 6) is -2.15. The van der Waals surface area contributed by atoms with Gasteiger partial charge < -0.3 is 5.11 Å². The van der Waals surface area contributed by atoms with E-state index in [2.05, 4.69) is 0 Å². The van der Waals surface area contributed by atoms with Gasteiger partial charge in [0.15, 0.2) is 5.82 Å². The zero-order valence-corrected chi connectivity index (χ0v) is 4.51. The number of thiophene rings is 1. The highest BCUT2D eigenvalue weighted by atomic mass is 32.1. The first-order valence-electron chi connectivity index (χ1n) is 1.83. The van der Waals surface area contributed by atoms with Crippen LogP contribution in [0.4, 0.5) is 8.78 Å². The van der Waals surface area contributed by atoms with Gasteiger partial charge >= 0.3 is 0 Å². The van der Waals surface area contributed by atoms with Crippen LogP contribution < -0.4 is 0 Å². The molecule has 0 spiro atoms. The van der Waals surface area contributed by atoms with Crippen LogP contribution >= 0.6 is 11.3 Å². The summed E-state index contributed by atoms with van der Waals surface area (Å²) in [6, 6.07) is 0. The van der Waals surface area contributed by atoms with Crippen LogP contribution in [-0.2, 0) is 0 Å². The Bertz CT molecular complexity index is 176. The zero-order valence-electron chi connectivity index (χ0n) is 3.69. The molecule has 8 heavy (non-hydrogen) atoms. The molecule has 44 valence electrons. The first-order chi connectivity index (χ1) is 3.72. The molecule has 0 unspecified atom stereocenters. The minimum Gasteiger partial charge on any atom is -0.497 e. The van der Waals surface area contributed by atoms with Crippen LogP contribution in [0.15, 0.2) is 5.38 Å². The van der Waals surface area contributed by atoms with Crippen molar-refractivity contribution in [3.63, 3.8) is 0 Å². The van der Waals surface area contributed by atoms with Gasteiger partial charge in [0.1, 0.15) is 0 Å². The van der Waals surface area contributed by atoms with E-state index in [1.165, 1.54) is 0 Å². The second-order valence-electron chi connectivity index (χ2n) is 1.20. The molecule has 0 saturated heterocycles. The predicted octanol–water partition coefficient (Wildman–Crippen LogP) is 1.73. The first-order valence-corrected chi connectivity index (χ1v) is 2.71. The molecule has 0 aliphatic heterocycles. The fraction of sp³-hybridized carbons (Fsp3) is 0. The van der Waals surface area contributed by atoms with Crippen LogP contribution in [0.2, 0.25) is 0 Å². The summed E-state index contributed by atoms with van der Waals surface area (Å²) in [7, 11) is 0. The number of halogens is 2. The maximum atomic E-state index is 11.9. The van der Waals surface area contributed by atoms with Gasteiger partial charge in [-0.1, -0.05) is 0 Å². The number of hydrogen-bond acceptors (Lipinski definition) is 2. The second-order valence-corrected chi connectivity index (χ2v) is 2.06. The molecule has 1 heterocycles. The van der Waals surface area contributed by atoms with Crippen molar-refractivity contribution in [3.05, 3.63) is 17.0 Å². The van der Waals surface area contributed by atoms with E-state index in [0.717, 1.165) is 5.38 Å². The van der Waals surface area contributed by atoms with Gasteiger partial charge in [-0.05, 0) is 0 Å². The third-order valence-electron chi connectivity index (χ3n) is 0.671. The molecule has 1 nitrogen and oxygen atoms in total. The van der Waals surface area contributed by atoms with Crippen molar-refractivity contribution in [2.24, 2.45) is 0 Å². The van der Waals surface area contributed by atoms with Crippen molar-refractivity contribution in [2.45, 2.75) is 0 Å². The molecule has 0 saturated carbocycles. The average molecular weight is 136 g/mol. The van der Waals surface area contributed by atoms with Crippen molar-refractivity contribution in [1.82, 2.24) is 0 Å². The van der Waals surface area contributed by atoms with Gasteiger partial charge in [0.25, 0.3) is 0 Å². The van der Waals surface area contributed by atoms with E-state index in [4.69, 9.17) is 5.11 Å². The van der Waals surface area contributed by atoms with E-state index in [9.17, 15) is 8.78 Å². The Morgan fingerprint density at radius 2 is 2.12 bits per heavy atom. The van der Waals surface area contributed by atoms with Crippen LogP contribution in [-0.4, -0.2) is 5.11 Å². The lowest BCUT2D eigenvalue weighted by Crippen LogP contribution is -1.69. The summed E-state index contributed by atoms with van der Waals surface area (Å²) >= 11 is 0.637. The van der Waals surface area contributed by atoms with Crippen LogP contribution in [0.5, 0.6) is 5.06 Å². The van der Waals surface area contributed by atoms with Gasteiger partial charge in [-0.2, -0.15) is 4.39 Å². The minimum absolute atomic E-state index is 0.595. The van der Waals surface area contributed by atoms with Crippen molar-refractivity contribution in [3.8, 4) is 5.06 Å². The Morgan fingerprint density at radius 1 is 1.50 bits per heavy atom. The molecule has 0 bridgehead atoms. The minimum atomic E-state index is -1.16. The molecule has 0 amide bonds. The lowest BCUT2D eigenvalue weighted by Gasteiger charge is -1.77. The highest BCUT2D eigenvalue weighted by Crippen LogP contribution is 2.25. The quantitative estimate of drug-likeness (QED) is 0.575.